The van der Waals surface area contributed by atoms with Crippen LogP contribution in [-0.4, -0.2) is 26.9 Å². The molecule has 4 heterocycles. The van der Waals surface area contributed by atoms with Crippen LogP contribution in [0.3, 0.4) is 0 Å². The quantitative estimate of drug-likeness (QED) is 0.345. The smallest absolute Gasteiger partial charge is 0.285 e. The van der Waals surface area contributed by atoms with Gasteiger partial charge in [0.25, 0.3) is 13.6 Å². The van der Waals surface area contributed by atoms with Gasteiger partial charge in [-0.15, -0.1) is 0 Å². The van der Waals surface area contributed by atoms with Crippen LogP contribution in [0.1, 0.15) is 25.1 Å². The Morgan fingerprint density at radius 1 is 1.35 bits per heavy atom. The summed E-state index contributed by atoms with van der Waals surface area (Å²) in [4.78, 5) is 35.9. The summed E-state index contributed by atoms with van der Waals surface area (Å²) in [7, 11) is -4.90. The summed E-state index contributed by atoms with van der Waals surface area (Å²) >= 11 is 0. The van der Waals surface area contributed by atoms with E-state index in [-0.39, 0.29) is 23.2 Å². The molecule has 0 amide bonds. The van der Waals surface area contributed by atoms with Gasteiger partial charge in [-0.25, -0.2) is 9.55 Å². The molecule has 0 spiro atoms. The Hall–Kier alpha value is -3.57. The molecular formula is C21H21N4O8P. The molecule has 4 rings (SSSR count). The number of hydrogen-bond donors (Lipinski definition) is 2. The summed E-state index contributed by atoms with van der Waals surface area (Å²) in [6.07, 6.45) is 2.92. The minimum absolute atomic E-state index is 0.147. The van der Waals surface area contributed by atoms with E-state index in [1.54, 1.807) is 50.4 Å². The third-order valence-electron chi connectivity index (χ3n) is 4.95. The van der Waals surface area contributed by atoms with Gasteiger partial charge in [0, 0.05) is 24.8 Å². The maximum absolute atomic E-state index is 12.1. The number of carbonyl (C=O) groups is 1. The van der Waals surface area contributed by atoms with Gasteiger partial charge in [0.2, 0.25) is 17.4 Å². The van der Waals surface area contributed by atoms with E-state index in [4.69, 9.17) is 24.6 Å². The van der Waals surface area contributed by atoms with E-state index in [9.17, 15) is 14.3 Å². The van der Waals surface area contributed by atoms with Gasteiger partial charge in [0.1, 0.15) is 11.3 Å². The van der Waals surface area contributed by atoms with Gasteiger partial charge in [0.05, 0.1) is 11.9 Å². The fraction of sp³-hybridized carbons (Fsp3) is 0.238. The molecule has 2 unspecified atom stereocenters. The minimum Gasteiger partial charge on any atom is -0.756 e. The Kier molecular flexibility index (Phi) is 6.49. The van der Waals surface area contributed by atoms with Gasteiger partial charge in [-0.2, -0.15) is 0 Å². The molecule has 0 aliphatic carbocycles. The molecule has 3 aromatic rings. The van der Waals surface area contributed by atoms with Crippen LogP contribution < -0.4 is 19.9 Å². The first-order valence-electron chi connectivity index (χ1n) is 10.1. The lowest BCUT2D eigenvalue weighted by atomic mass is 10.1. The molecule has 178 valence electrons. The number of phosphoric acid groups is 1. The highest BCUT2D eigenvalue weighted by atomic mass is 31.2. The van der Waals surface area contributed by atoms with E-state index < -0.39 is 20.7 Å². The molecule has 2 atom stereocenters. The van der Waals surface area contributed by atoms with Gasteiger partial charge in [-0.3, -0.25) is 19.6 Å². The van der Waals surface area contributed by atoms with E-state index in [1.165, 1.54) is 10.8 Å². The fourth-order valence-electron chi connectivity index (χ4n) is 3.28. The second-order valence-electron chi connectivity index (χ2n) is 7.48. The van der Waals surface area contributed by atoms with Crippen molar-refractivity contribution in [3.8, 4) is 17.2 Å². The number of phosphoric ester groups is 1. The summed E-state index contributed by atoms with van der Waals surface area (Å²) in [5.41, 5.74) is 7.96. The maximum Gasteiger partial charge on any atom is 0.285 e. The molecule has 0 radical (unpaired) electrons. The third kappa shape index (κ3) is 5.32. The topological polar surface area (TPSA) is 174 Å². The molecule has 0 saturated carbocycles. The number of ether oxygens (including phenoxy) is 2. The SMILES string of the molecule is CC1=C(Oc2ccc(Cc3cc(-c4ccc[n+](COP(=O)([O-])O)c4N)on3)cn2)C(=O)C(C)O1. The van der Waals surface area contributed by atoms with Crippen LogP contribution in [0.4, 0.5) is 5.82 Å². The molecule has 0 aromatic carbocycles. The number of nitrogen functional groups attached to an aromatic ring is 1. The normalized spacial score (nSPS) is 17.5. The molecule has 13 heteroatoms. The molecule has 3 aromatic heterocycles. The number of Topliss-reactive ketones (excluding diaryl/α,β-unsaturated/α-hetero) is 1. The number of carbonyl (C=O) groups excluding carboxylic acids is 1. The number of allylic oxidation sites excluding steroid dienone is 1. The monoisotopic (exact) mass is 488 g/mol. The Bertz CT molecular complexity index is 1300. The predicted molar refractivity (Wildman–Crippen MR) is 113 cm³/mol. The molecular weight excluding hydrogens is 467 g/mol. The number of aromatic nitrogens is 3. The summed E-state index contributed by atoms with van der Waals surface area (Å²) in [6, 6.07) is 8.40. The number of anilines is 1. The molecule has 0 saturated heterocycles. The van der Waals surface area contributed by atoms with Crippen LogP contribution >= 0.6 is 7.82 Å². The van der Waals surface area contributed by atoms with E-state index in [0.29, 0.717) is 29.2 Å². The molecule has 3 N–H and O–H groups in total. The summed E-state index contributed by atoms with van der Waals surface area (Å²) in [6.45, 7) is 2.82. The second-order valence-corrected chi connectivity index (χ2v) is 8.67. The second kappa shape index (κ2) is 9.35. The zero-order valence-corrected chi connectivity index (χ0v) is 19.1. The van der Waals surface area contributed by atoms with Crippen LogP contribution in [0, 0.1) is 0 Å². The third-order valence-corrected chi connectivity index (χ3v) is 5.40. The number of nitrogens with two attached hydrogens (primary N) is 1. The predicted octanol–water partition coefficient (Wildman–Crippen LogP) is 1.23. The Morgan fingerprint density at radius 2 is 2.15 bits per heavy atom. The van der Waals surface area contributed by atoms with Crippen molar-refractivity contribution in [2.75, 3.05) is 5.73 Å². The van der Waals surface area contributed by atoms with Crippen molar-refractivity contribution in [2.45, 2.75) is 33.1 Å². The molecule has 1 aliphatic rings. The van der Waals surface area contributed by atoms with Crippen molar-refractivity contribution < 1.29 is 42.2 Å². The molecule has 12 nitrogen and oxygen atoms in total. The zero-order valence-electron chi connectivity index (χ0n) is 18.2. The first kappa shape index (κ1) is 23.6. The molecule has 34 heavy (non-hydrogen) atoms. The maximum atomic E-state index is 12.1. The van der Waals surface area contributed by atoms with Gasteiger partial charge < -0.3 is 23.8 Å². The average molecular weight is 488 g/mol. The Balaban J connectivity index is 1.44. The lowest BCUT2D eigenvalue weighted by Crippen LogP contribution is -2.38. The van der Waals surface area contributed by atoms with Crippen LogP contribution in [0.5, 0.6) is 5.88 Å². The van der Waals surface area contributed by atoms with Crippen LogP contribution in [0.15, 0.2) is 58.8 Å². The van der Waals surface area contributed by atoms with Crippen molar-refractivity contribution in [2.24, 2.45) is 0 Å². The van der Waals surface area contributed by atoms with Gasteiger partial charge >= 0.3 is 0 Å². The van der Waals surface area contributed by atoms with Crippen LogP contribution in [0.2, 0.25) is 0 Å². The highest BCUT2D eigenvalue weighted by Crippen LogP contribution is 2.31. The van der Waals surface area contributed by atoms with Gasteiger partial charge in [-0.1, -0.05) is 11.2 Å². The highest BCUT2D eigenvalue weighted by molar-refractivity contribution is 7.44. The first-order valence-corrected chi connectivity index (χ1v) is 11.6. The first-order chi connectivity index (χ1) is 16.1. The summed E-state index contributed by atoms with van der Waals surface area (Å²) in [5.74, 6) is 1.12. The van der Waals surface area contributed by atoms with E-state index in [1.807, 2.05) is 0 Å². The lowest BCUT2D eigenvalue weighted by Gasteiger charge is -2.14. The molecule has 0 fully saturated rings. The Morgan fingerprint density at radius 3 is 2.79 bits per heavy atom. The van der Waals surface area contributed by atoms with Gasteiger partial charge in [0.15, 0.2) is 18.6 Å². The van der Waals surface area contributed by atoms with E-state index in [0.717, 1.165) is 5.56 Å². The van der Waals surface area contributed by atoms with Gasteiger partial charge in [-0.05, 0) is 31.5 Å². The van der Waals surface area contributed by atoms with E-state index >= 15 is 0 Å². The van der Waals surface area contributed by atoms with Crippen LogP contribution in [-0.2, 0) is 31.8 Å². The minimum atomic E-state index is -4.90. The number of hydrogen-bond acceptors (Lipinski definition) is 10. The van der Waals surface area contributed by atoms with Crippen molar-refractivity contribution in [1.82, 2.24) is 10.1 Å². The standard InChI is InChI=1S/C21H21N4O8P/c1-12-19(26)20(13(2)31-12)32-18-6-5-14(10-23-18)8-15-9-17(33-24-15)16-4-3-7-25(21(16)22)11-30-34(27,28)29/h3-7,9-10,12,22H,8,11H2,1-2H3,(H2,27,28,29). The lowest BCUT2D eigenvalue weighted by molar-refractivity contribution is -0.712. The Labute approximate surface area is 193 Å². The van der Waals surface area contributed by atoms with Crippen molar-refractivity contribution in [1.29, 1.82) is 0 Å². The van der Waals surface area contributed by atoms with Crippen LogP contribution in [0.25, 0.3) is 11.3 Å². The summed E-state index contributed by atoms with van der Waals surface area (Å²) in [5, 5.41) is 4.04. The highest BCUT2D eigenvalue weighted by Gasteiger charge is 2.32. The largest absolute Gasteiger partial charge is 0.756 e. The van der Waals surface area contributed by atoms with E-state index in [2.05, 4.69) is 14.7 Å². The summed E-state index contributed by atoms with van der Waals surface area (Å²) < 4.78 is 32.8. The molecule has 0 bridgehead atoms. The molecule has 1 aliphatic heterocycles. The number of nitrogens with zero attached hydrogens (tertiary/aromatic N) is 3. The number of pyridine rings is 2. The zero-order chi connectivity index (χ0) is 24.5. The van der Waals surface area contributed by atoms with Crippen molar-refractivity contribution in [3.05, 3.63) is 65.5 Å². The number of rotatable bonds is 8. The van der Waals surface area contributed by atoms with Crippen molar-refractivity contribution >= 4 is 19.4 Å². The average Bonchev–Trinajstić information content (AvgIpc) is 3.33. The van der Waals surface area contributed by atoms with Crippen molar-refractivity contribution in [3.63, 3.8) is 0 Å². The fourth-order valence-corrected chi connectivity index (χ4v) is 3.55. The number of ketones is 1.